The van der Waals surface area contributed by atoms with Crippen LogP contribution in [0.2, 0.25) is 0 Å². The van der Waals surface area contributed by atoms with Crippen LogP contribution in [0.25, 0.3) is 0 Å². The Morgan fingerprint density at radius 1 is 1.31 bits per heavy atom. The molecule has 0 radical (unpaired) electrons. The van der Waals surface area contributed by atoms with Crippen LogP contribution in [0.1, 0.15) is 19.3 Å². The predicted octanol–water partition coefficient (Wildman–Crippen LogP) is 0.503. The Kier molecular flexibility index (Phi) is 2.39. The monoisotopic (exact) mass is 222 g/mol. The summed E-state index contributed by atoms with van der Waals surface area (Å²) in [6.45, 7) is 4.96. The molecule has 4 nitrogen and oxygen atoms in total. The SMILES string of the molecule is O=C1C=C(N2CCC3(CCNCC3)C2)CO1. The van der Waals surface area contributed by atoms with Crippen molar-refractivity contribution in [1.82, 2.24) is 10.2 Å². The van der Waals surface area contributed by atoms with Crippen molar-refractivity contribution in [1.29, 1.82) is 0 Å². The van der Waals surface area contributed by atoms with E-state index in [0.717, 1.165) is 31.9 Å². The Morgan fingerprint density at radius 3 is 2.81 bits per heavy atom. The molecule has 3 rings (SSSR count). The highest BCUT2D eigenvalue weighted by atomic mass is 16.5. The molecular formula is C12H18N2O2. The third-order valence-electron chi connectivity index (χ3n) is 4.16. The summed E-state index contributed by atoms with van der Waals surface area (Å²) in [6.07, 6.45) is 5.46. The van der Waals surface area contributed by atoms with E-state index >= 15 is 0 Å². The summed E-state index contributed by atoms with van der Waals surface area (Å²) < 4.78 is 4.97. The molecule has 1 N–H and O–H groups in total. The van der Waals surface area contributed by atoms with Gasteiger partial charge in [-0.05, 0) is 37.8 Å². The van der Waals surface area contributed by atoms with E-state index in [0.29, 0.717) is 12.0 Å². The summed E-state index contributed by atoms with van der Waals surface area (Å²) in [5, 5.41) is 3.42. The molecule has 0 aliphatic carbocycles. The number of rotatable bonds is 1. The minimum atomic E-state index is -0.179. The fraction of sp³-hybridized carbons (Fsp3) is 0.750. The highest BCUT2D eigenvalue weighted by Crippen LogP contribution is 2.40. The number of hydrogen-bond acceptors (Lipinski definition) is 4. The van der Waals surface area contributed by atoms with Crippen LogP contribution >= 0.6 is 0 Å². The van der Waals surface area contributed by atoms with E-state index < -0.39 is 0 Å². The van der Waals surface area contributed by atoms with Crippen LogP contribution in [-0.4, -0.2) is 43.7 Å². The molecule has 16 heavy (non-hydrogen) atoms. The van der Waals surface area contributed by atoms with E-state index in [9.17, 15) is 4.79 Å². The summed E-state index contributed by atoms with van der Waals surface area (Å²) in [4.78, 5) is 13.4. The zero-order chi connectivity index (χ0) is 11.0. The third kappa shape index (κ3) is 1.71. The van der Waals surface area contributed by atoms with Crippen LogP contribution < -0.4 is 5.32 Å². The Bertz CT molecular complexity index is 332. The molecule has 0 aromatic heterocycles. The third-order valence-corrected chi connectivity index (χ3v) is 4.16. The lowest BCUT2D eigenvalue weighted by atomic mass is 9.78. The number of nitrogens with one attached hydrogen (secondary N) is 1. The van der Waals surface area contributed by atoms with Crippen LogP contribution in [0, 0.1) is 5.41 Å². The Balaban J connectivity index is 1.68. The Labute approximate surface area is 95.6 Å². The molecule has 0 atom stereocenters. The van der Waals surface area contributed by atoms with Gasteiger partial charge in [-0.2, -0.15) is 0 Å². The van der Waals surface area contributed by atoms with Gasteiger partial charge in [0.25, 0.3) is 0 Å². The van der Waals surface area contributed by atoms with E-state index in [1.165, 1.54) is 19.3 Å². The first kappa shape index (κ1) is 10.1. The van der Waals surface area contributed by atoms with E-state index in [1.807, 2.05) is 0 Å². The molecule has 1 spiro atoms. The van der Waals surface area contributed by atoms with Crippen molar-refractivity contribution in [2.45, 2.75) is 19.3 Å². The van der Waals surface area contributed by atoms with Crippen molar-refractivity contribution in [3.63, 3.8) is 0 Å². The molecular weight excluding hydrogens is 204 g/mol. The van der Waals surface area contributed by atoms with Crippen molar-refractivity contribution >= 4 is 5.97 Å². The zero-order valence-electron chi connectivity index (χ0n) is 9.50. The normalized spacial score (nSPS) is 28.4. The second-order valence-electron chi connectivity index (χ2n) is 5.16. The van der Waals surface area contributed by atoms with Gasteiger partial charge in [0, 0.05) is 19.2 Å². The van der Waals surface area contributed by atoms with Crippen LogP contribution in [0.15, 0.2) is 11.8 Å². The van der Waals surface area contributed by atoms with Gasteiger partial charge in [-0.1, -0.05) is 0 Å². The molecule has 4 heteroatoms. The Hall–Kier alpha value is -1.03. The first-order chi connectivity index (χ1) is 7.77. The van der Waals surface area contributed by atoms with Gasteiger partial charge in [-0.3, -0.25) is 0 Å². The maximum absolute atomic E-state index is 11.0. The van der Waals surface area contributed by atoms with Crippen molar-refractivity contribution in [2.75, 3.05) is 32.8 Å². The average molecular weight is 222 g/mol. The van der Waals surface area contributed by atoms with Gasteiger partial charge in [-0.15, -0.1) is 0 Å². The zero-order valence-corrected chi connectivity index (χ0v) is 9.50. The largest absolute Gasteiger partial charge is 0.456 e. The van der Waals surface area contributed by atoms with Crippen LogP contribution in [0.5, 0.6) is 0 Å². The van der Waals surface area contributed by atoms with Gasteiger partial charge in [-0.25, -0.2) is 4.79 Å². The maximum atomic E-state index is 11.0. The molecule has 0 aromatic rings. The lowest BCUT2D eigenvalue weighted by molar-refractivity contribution is -0.135. The van der Waals surface area contributed by atoms with E-state index in [1.54, 1.807) is 6.08 Å². The van der Waals surface area contributed by atoms with Gasteiger partial charge in [0.2, 0.25) is 0 Å². The maximum Gasteiger partial charge on any atom is 0.333 e. The minimum Gasteiger partial charge on any atom is -0.456 e. The molecule has 3 heterocycles. The summed E-state index contributed by atoms with van der Waals surface area (Å²) in [6, 6.07) is 0. The van der Waals surface area contributed by atoms with E-state index in [-0.39, 0.29) is 5.97 Å². The molecule has 0 aromatic carbocycles. The predicted molar refractivity (Wildman–Crippen MR) is 59.8 cm³/mol. The van der Waals surface area contributed by atoms with Gasteiger partial charge < -0.3 is 15.0 Å². The molecule has 2 fully saturated rings. The number of hydrogen-bond donors (Lipinski definition) is 1. The van der Waals surface area contributed by atoms with E-state index in [4.69, 9.17) is 4.74 Å². The van der Waals surface area contributed by atoms with Crippen LogP contribution in [0.3, 0.4) is 0 Å². The number of ether oxygens (including phenoxy) is 1. The fourth-order valence-electron chi connectivity index (χ4n) is 3.09. The van der Waals surface area contributed by atoms with Gasteiger partial charge in [0.05, 0.1) is 5.70 Å². The van der Waals surface area contributed by atoms with Gasteiger partial charge >= 0.3 is 5.97 Å². The molecule has 0 unspecified atom stereocenters. The van der Waals surface area contributed by atoms with Crippen molar-refractivity contribution < 1.29 is 9.53 Å². The summed E-state index contributed by atoms with van der Waals surface area (Å²) in [5.74, 6) is -0.179. The molecule has 2 saturated heterocycles. The van der Waals surface area contributed by atoms with Crippen molar-refractivity contribution in [3.05, 3.63) is 11.8 Å². The molecule has 3 aliphatic heterocycles. The second kappa shape index (κ2) is 3.77. The van der Waals surface area contributed by atoms with Crippen molar-refractivity contribution in [2.24, 2.45) is 5.41 Å². The first-order valence-electron chi connectivity index (χ1n) is 6.11. The standard InChI is InChI=1S/C12H18N2O2/c15-11-7-10(8-16-11)14-6-3-12(9-14)1-4-13-5-2-12/h7,13H,1-6,8-9H2. The molecule has 3 aliphatic rings. The fourth-order valence-corrected chi connectivity index (χ4v) is 3.09. The number of cyclic esters (lactones) is 1. The van der Waals surface area contributed by atoms with Crippen LogP contribution in [-0.2, 0) is 9.53 Å². The number of piperidine rings is 1. The number of nitrogens with zero attached hydrogens (tertiary/aromatic N) is 1. The summed E-state index contributed by atoms with van der Waals surface area (Å²) in [7, 11) is 0. The van der Waals surface area contributed by atoms with Gasteiger partial charge in [0.15, 0.2) is 0 Å². The quantitative estimate of drug-likeness (QED) is 0.656. The second-order valence-corrected chi connectivity index (χ2v) is 5.16. The molecule has 0 saturated carbocycles. The highest BCUT2D eigenvalue weighted by molar-refractivity contribution is 5.85. The lowest BCUT2D eigenvalue weighted by Gasteiger charge is -2.34. The van der Waals surface area contributed by atoms with Crippen LogP contribution in [0.4, 0.5) is 0 Å². The number of likely N-dealkylation sites (tertiary alicyclic amines) is 1. The summed E-state index contributed by atoms with van der Waals surface area (Å²) in [5.41, 5.74) is 1.58. The first-order valence-corrected chi connectivity index (χ1v) is 6.11. The lowest BCUT2D eigenvalue weighted by Crippen LogP contribution is -2.38. The number of carbonyl (C=O) groups excluding carboxylic acids is 1. The van der Waals surface area contributed by atoms with E-state index in [2.05, 4.69) is 10.2 Å². The molecule has 0 amide bonds. The molecule has 88 valence electrons. The molecule has 0 bridgehead atoms. The van der Waals surface area contributed by atoms with Gasteiger partial charge in [0.1, 0.15) is 6.61 Å². The number of esters is 1. The average Bonchev–Trinajstić information content (AvgIpc) is 2.87. The van der Waals surface area contributed by atoms with Crippen molar-refractivity contribution in [3.8, 4) is 0 Å². The topological polar surface area (TPSA) is 41.6 Å². The highest BCUT2D eigenvalue weighted by Gasteiger charge is 2.40. The minimum absolute atomic E-state index is 0.179. The summed E-state index contributed by atoms with van der Waals surface area (Å²) >= 11 is 0. The Morgan fingerprint density at radius 2 is 2.12 bits per heavy atom. The number of carbonyl (C=O) groups is 1. The smallest absolute Gasteiger partial charge is 0.333 e.